The fraction of sp³-hybridized carbons (Fsp3) is 0.214. The van der Waals surface area contributed by atoms with Crippen LogP contribution in [0.2, 0.25) is 0 Å². The van der Waals surface area contributed by atoms with Gasteiger partial charge in [0.1, 0.15) is 16.8 Å². The molecular weight excluding hydrogens is 316 g/mol. The molecule has 2 aromatic rings. The number of primary amides is 1. The lowest BCUT2D eigenvalue weighted by Gasteiger charge is -2.20. The van der Waals surface area contributed by atoms with Crippen LogP contribution >= 0.6 is 11.3 Å². The first-order valence-corrected chi connectivity index (χ1v) is 7.69. The lowest BCUT2D eigenvalue weighted by Crippen LogP contribution is -2.39. The van der Waals surface area contributed by atoms with Gasteiger partial charge in [0.05, 0.1) is 5.69 Å². The van der Waals surface area contributed by atoms with E-state index in [0.29, 0.717) is 10.8 Å². The summed E-state index contributed by atoms with van der Waals surface area (Å²) in [5, 5.41) is 17.2. The number of aromatic nitrogens is 2. The minimum Gasteiger partial charge on any atom is -0.368 e. The number of amides is 2. The van der Waals surface area contributed by atoms with E-state index in [1.165, 1.54) is 16.3 Å². The van der Waals surface area contributed by atoms with Crippen molar-refractivity contribution in [2.24, 2.45) is 10.8 Å². The smallest absolute Gasteiger partial charge is 0.273 e. The quantitative estimate of drug-likeness (QED) is 0.865. The Balaban J connectivity index is 1.82. The first-order chi connectivity index (χ1) is 11.0. The molecule has 1 atom stereocenters. The summed E-state index contributed by atoms with van der Waals surface area (Å²) < 4.78 is 0. The topological polar surface area (TPSA) is 114 Å². The molecule has 0 radical (unpaired) electrons. The molecule has 118 valence electrons. The fourth-order valence-corrected chi connectivity index (χ4v) is 2.79. The van der Waals surface area contributed by atoms with Gasteiger partial charge in [-0.1, -0.05) is 29.5 Å². The zero-order valence-electron chi connectivity index (χ0n) is 12.3. The predicted octanol–water partition coefficient (Wildman–Crippen LogP) is 0.905. The van der Waals surface area contributed by atoms with E-state index in [1.807, 2.05) is 18.2 Å². The van der Waals surface area contributed by atoms with E-state index < -0.39 is 17.9 Å². The molecule has 1 aliphatic rings. The Morgan fingerprint density at radius 1 is 1.30 bits per heavy atom. The number of para-hydroxylation sites is 1. The predicted molar refractivity (Wildman–Crippen MR) is 87.2 cm³/mol. The van der Waals surface area contributed by atoms with Crippen LogP contribution in [0.3, 0.4) is 0 Å². The van der Waals surface area contributed by atoms with Crippen LogP contribution in [-0.4, -0.2) is 33.8 Å². The Hall–Kier alpha value is -2.81. The fourth-order valence-electron chi connectivity index (χ4n) is 2.20. The van der Waals surface area contributed by atoms with Gasteiger partial charge in [0.15, 0.2) is 0 Å². The van der Waals surface area contributed by atoms with Crippen LogP contribution in [0.25, 0.3) is 0 Å². The molecule has 1 aromatic carbocycles. The Morgan fingerprint density at radius 2 is 2.04 bits per heavy atom. The maximum Gasteiger partial charge on any atom is 0.273 e. The third-order valence-electron chi connectivity index (χ3n) is 3.27. The normalized spacial score (nSPS) is 17.0. The molecule has 1 aliphatic heterocycles. The molecule has 23 heavy (non-hydrogen) atoms. The van der Waals surface area contributed by atoms with Crippen LogP contribution in [-0.2, 0) is 9.59 Å². The van der Waals surface area contributed by atoms with Gasteiger partial charge >= 0.3 is 0 Å². The summed E-state index contributed by atoms with van der Waals surface area (Å²) in [6.45, 7) is 1.79. The molecule has 9 heteroatoms. The van der Waals surface area contributed by atoms with Gasteiger partial charge in [0.2, 0.25) is 11.0 Å². The number of carbonyl (C=O) groups is 2. The Bertz CT molecular complexity index is 773. The largest absolute Gasteiger partial charge is 0.368 e. The van der Waals surface area contributed by atoms with Gasteiger partial charge in [-0.25, -0.2) is 0 Å². The number of nitrogens with one attached hydrogen (secondary N) is 1. The van der Waals surface area contributed by atoms with Crippen LogP contribution < -0.4 is 16.1 Å². The molecule has 2 heterocycles. The minimum absolute atomic E-state index is 0.147. The first-order valence-electron chi connectivity index (χ1n) is 6.87. The molecule has 0 saturated carbocycles. The van der Waals surface area contributed by atoms with Crippen molar-refractivity contribution in [2.75, 3.05) is 10.3 Å². The van der Waals surface area contributed by atoms with E-state index in [-0.39, 0.29) is 12.1 Å². The highest BCUT2D eigenvalue weighted by Crippen LogP contribution is 2.25. The van der Waals surface area contributed by atoms with Crippen molar-refractivity contribution in [2.45, 2.75) is 19.4 Å². The van der Waals surface area contributed by atoms with E-state index in [2.05, 4.69) is 20.6 Å². The summed E-state index contributed by atoms with van der Waals surface area (Å²) in [6, 6.07) is 8.42. The first kappa shape index (κ1) is 15.1. The van der Waals surface area contributed by atoms with Crippen molar-refractivity contribution in [1.82, 2.24) is 10.2 Å². The van der Waals surface area contributed by atoms with Crippen molar-refractivity contribution in [3.8, 4) is 0 Å². The maximum atomic E-state index is 12.3. The third kappa shape index (κ3) is 3.19. The van der Waals surface area contributed by atoms with Crippen molar-refractivity contribution < 1.29 is 9.59 Å². The molecule has 3 N–H and O–H groups in total. The van der Waals surface area contributed by atoms with E-state index in [4.69, 9.17) is 5.73 Å². The highest BCUT2D eigenvalue weighted by molar-refractivity contribution is 7.15. The molecule has 0 aliphatic carbocycles. The number of nitrogens with two attached hydrogens (primary N) is 1. The van der Waals surface area contributed by atoms with Gasteiger partial charge in [-0.15, -0.1) is 10.2 Å². The monoisotopic (exact) mass is 330 g/mol. The highest BCUT2D eigenvalue weighted by Gasteiger charge is 2.35. The number of nitrogens with zero attached hydrogens (tertiary/aromatic N) is 4. The molecule has 0 saturated heterocycles. The van der Waals surface area contributed by atoms with Gasteiger partial charge in [-0.3, -0.25) is 19.9 Å². The molecule has 1 unspecified atom stereocenters. The summed E-state index contributed by atoms with van der Waals surface area (Å²) in [7, 11) is 0. The number of hydrazone groups is 1. The maximum absolute atomic E-state index is 12.3. The van der Waals surface area contributed by atoms with Crippen molar-refractivity contribution >= 4 is 39.7 Å². The third-order valence-corrected chi connectivity index (χ3v) is 4.02. The van der Waals surface area contributed by atoms with Gasteiger partial charge in [0.25, 0.3) is 5.91 Å². The van der Waals surface area contributed by atoms with Crippen LogP contribution in [0.15, 0.2) is 35.4 Å². The molecular formula is C14H14N6O2S. The average molecular weight is 330 g/mol. The molecule has 8 nitrogen and oxygen atoms in total. The Labute approximate surface area is 136 Å². The van der Waals surface area contributed by atoms with Gasteiger partial charge in [0, 0.05) is 6.42 Å². The zero-order valence-corrected chi connectivity index (χ0v) is 13.1. The summed E-state index contributed by atoms with van der Waals surface area (Å²) in [5.41, 5.74) is 6.37. The summed E-state index contributed by atoms with van der Waals surface area (Å²) in [6.07, 6.45) is 0.147. The standard InChI is InChI=1S/C14H14N6O2S/c1-8-17-18-14(23-8)16-13(22)10-7-11(12(15)21)20(19-10)9-5-3-2-4-6-9/h2-6,11H,7H2,1H3,(H2,15,21)(H,16,18,22). The van der Waals surface area contributed by atoms with E-state index in [0.717, 1.165) is 5.01 Å². The Morgan fingerprint density at radius 3 is 2.65 bits per heavy atom. The van der Waals surface area contributed by atoms with Gasteiger partial charge in [-0.2, -0.15) is 5.10 Å². The minimum atomic E-state index is -0.686. The SMILES string of the molecule is Cc1nnc(NC(=O)C2=NN(c3ccccc3)C(C(N)=O)C2)s1. The Kier molecular flexibility index (Phi) is 4.02. The number of carbonyl (C=O) groups excluding carboxylic acids is 2. The van der Waals surface area contributed by atoms with E-state index in [9.17, 15) is 9.59 Å². The molecule has 0 bridgehead atoms. The number of hydrogen-bond donors (Lipinski definition) is 2. The zero-order chi connectivity index (χ0) is 16.4. The molecule has 0 spiro atoms. The lowest BCUT2D eigenvalue weighted by molar-refractivity contribution is -0.119. The number of hydrogen-bond acceptors (Lipinski definition) is 7. The summed E-state index contributed by atoms with van der Waals surface area (Å²) in [4.78, 5) is 24.0. The van der Waals surface area contributed by atoms with Crippen LogP contribution in [0, 0.1) is 6.92 Å². The second-order valence-electron chi connectivity index (χ2n) is 4.93. The summed E-state index contributed by atoms with van der Waals surface area (Å²) in [5.74, 6) is -0.946. The average Bonchev–Trinajstić information content (AvgIpc) is 3.15. The number of rotatable bonds is 4. The number of aryl methyl sites for hydroxylation is 1. The van der Waals surface area contributed by atoms with Crippen LogP contribution in [0.5, 0.6) is 0 Å². The van der Waals surface area contributed by atoms with Gasteiger partial charge < -0.3 is 5.73 Å². The van der Waals surface area contributed by atoms with Crippen molar-refractivity contribution in [1.29, 1.82) is 0 Å². The highest BCUT2D eigenvalue weighted by atomic mass is 32.1. The van der Waals surface area contributed by atoms with Crippen LogP contribution in [0.4, 0.5) is 10.8 Å². The van der Waals surface area contributed by atoms with Crippen molar-refractivity contribution in [3.63, 3.8) is 0 Å². The number of anilines is 2. The van der Waals surface area contributed by atoms with E-state index >= 15 is 0 Å². The van der Waals surface area contributed by atoms with Crippen molar-refractivity contribution in [3.05, 3.63) is 35.3 Å². The molecule has 3 rings (SSSR count). The lowest BCUT2D eigenvalue weighted by atomic mass is 10.1. The second-order valence-corrected chi connectivity index (χ2v) is 6.11. The molecule has 2 amide bonds. The number of benzene rings is 1. The van der Waals surface area contributed by atoms with E-state index in [1.54, 1.807) is 19.1 Å². The summed E-state index contributed by atoms with van der Waals surface area (Å²) >= 11 is 1.26. The van der Waals surface area contributed by atoms with Gasteiger partial charge in [-0.05, 0) is 19.1 Å². The molecule has 1 aromatic heterocycles. The second kappa shape index (κ2) is 6.13. The molecule has 0 fully saturated rings. The van der Waals surface area contributed by atoms with Crippen LogP contribution in [0.1, 0.15) is 11.4 Å².